The van der Waals surface area contributed by atoms with Gasteiger partial charge in [0.1, 0.15) is 0 Å². The molecule has 1 heterocycles. The Bertz CT molecular complexity index is 832. The average molecular weight is 349 g/mol. The van der Waals surface area contributed by atoms with Crippen molar-refractivity contribution in [3.8, 4) is 0 Å². The van der Waals surface area contributed by atoms with E-state index in [1.165, 1.54) is 5.56 Å². The number of aryl methyl sites for hydroxylation is 1. The third-order valence-electron chi connectivity index (χ3n) is 3.83. The van der Waals surface area contributed by atoms with Crippen LogP contribution in [-0.4, -0.2) is 5.91 Å². The predicted octanol–water partition coefficient (Wildman–Crippen LogP) is 4.33. The first kappa shape index (κ1) is 17.2. The molecule has 0 saturated carbocycles. The van der Waals surface area contributed by atoms with E-state index in [0.29, 0.717) is 6.54 Å². The number of aromatic nitrogens is 1. The second kappa shape index (κ2) is 8.49. The summed E-state index contributed by atoms with van der Waals surface area (Å²) < 4.78 is 1.89. The summed E-state index contributed by atoms with van der Waals surface area (Å²) in [5.74, 6) is -0.0321. The standard InChI is InChI=1S/C21H20N2OS/c1-2-17-12-14-23(15-13-17)16-21(24)22-19-10-6-7-11-20(19)25-18-8-4-3-5-9-18/h3-15H,2,16H2,1H3/p+1. The van der Waals surface area contributed by atoms with Gasteiger partial charge in [0.05, 0.1) is 5.69 Å². The molecule has 0 aliphatic rings. The minimum Gasteiger partial charge on any atom is -0.320 e. The number of anilines is 1. The number of hydrogen-bond donors (Lipinski definition) is 1. The summed E-state index contributed by atoms with van der Waals surface area (Å²) in [5, 5.41) is 3.03. The first-order valence-corrected chi connectivity index (χ1v) is 9.16. The Kier molecular flexibility index (Phi) is 5.86. The lowest BCUT2D eigenvalue weighted by Crippen LogP contribution is -2.39. The highest BCUT2D eigenvalue weighted by molar-refractivity contribution is 7.99. The average Bonchev–Trinajstić information content (AvgIpc) is 2.65. The van der Waals surface area contributed by atoms with Crippen LogP contribution in [0.25, 0.3) is 0 Å². The molecule has 0 aliphatic carbocycles. The molecule has 0 saturated heterocycles. The molecule has 3 rings (SSSR count). The lowest BCUT2D eigenvalue weighted by atomic mass is 10.2. The van der Waals surface area contributed by atoms with Crippen molar-refractivity contribution in [3.63, 3.8) is 0 Å². The van der Waals surface area contributed by atoms with Crippen LogP contribution in [0.2, 0.25) is 0 Å². The molecule has 0 bridgehead atoms. The Balaban J connectivity index is 1.68. The van der Waals surface area contributed by atoms with Crippen molar-refractivity contribution in [3.05, 3.63) is 84.7 Å². The van der Waals surface area contributed by atoms with Gasteiger partial charge in [0.15, 0.2) is 12.4 Å². The fraction of sp³-hybridized carbons (Fsp3) is 0.143. The molecule has 1 aromatic heterocycles. The van der Waals surface area contributed by atoms with Gasteiger partial charge in [-0.25, -0.2) is 0 Å². The molecule has 1 N–H and O–H groups in total. The predicted molar refractivity (Wildman–Crippen MR) is 102 cm³/mol. The maximum atomic E-state index is 12.4. The maximum absolute atomic E-state index is 12.4. The first-order chi connectivity index (χ1) is 12.2. The molecule has 0 spiro atoms. The van der Waals surface area contributed by atoms with E-state index in [1.807, 2.05) is 71.6 Å². The summed E-state index contributed by atoms with van der Waals surface area (Å²) in [6.45, 7) is 2.42. The molecule has 0 atom stereocenters. The Morgan fingerprint density at radius 1 is 0.960 bits per heavy atom. The Hall–Kier alpha value is -2.59. The highest BCUT2D eigenvalue weighted by Gasteiger charge is 2.12. The summed E-state index contributed by atoms with van der Waals surface area (Å²) in [6.07, 6.45) is 4.89. The minimum absolute atomic E-state index is 0.0321. The number of nitrogens with one attached hydrogen (secondary N) is 1. The number of hydrogen-bond acceptors (Lipinski definition) is 2. The van der Waals surface area contributed by atoms with Crippen LogP contribution >= 0.6 is 11.8 Å². The summed E-state index contributed by atoms with van der Waals surface area (Å²) in [7, 11) is 0. The molecule has 2 aromatic carbocycles. The van der Waals surface area contributed by atoms with Crippen LogP contribution in [0.15, 0.2) is 88.9 Å². The van der Waals surface area contributed by atoms with Crippen molar-refractivity contribution in [2.75, 3.05) is 5.32 Å². The van der Waals surface area contributed by atoms with Gasteiger partial charge in [-0.05, 0) is 36.2 Å². The van der Waals surface area contributed by atoms with Crippen LogP contribution in [-0.2, 0) is 17.8 Å². The van der Waals surface area contributed by atoms with Crippen LogP contribution in [0.1, 0.15) is 12.5 Å². The second-order valence-corrected chi connectivity index (χ2v) is 6.81. The van der Waals surface area contributed by atoms with Gasteiger partial charge in [0.25, 0.3) is 5.91 Å². The number of rotatable bonds is 6. The monoisotopic (exact) mass is 349 g/mol. The van der Waals surface area contributed by atoms with Crippen LogP contribution in [0.4, 0.5) is 5.69 Å². The zero-order valence-electron chi connectivity index (χ0n) is 14.2. The van der Waals surface area contributed by atoms with E-state index in [9.17, 15) is 4.79 Å². The van der Waals surface area contributed by atoms with E-state index < -0.39 is 0 Å². The summed E-state index contributed by atoms with van der Waals surface area (Å²) in [6, 6.07) is 22.1. The van der Waals surface area contributed by atoms with Crippen molar-refractivity contribution in [1.29, 1.82) is 0 Å². The van der Waals surface area contributed by atoms with Crippen molar-refractivity contribution >= 4 is 23.4 Å². The highest BCUT2D eigenvalue weighted by Crippen LogP contribution is 2.33. The maximum Gasteiger partial charge on any atom is 0.290 e. The van der Waals surface area contributed by atoms with Crippen LogP contribution in [0.5, 0.6) is 0 Å². The normalized spacial score (nSPS) is 10.4. The van der Waals surface area contributed by atoms with E-state index in [-0.39, 0.29) is 5.91 Å². The van der Waals surface area contributed by atoms with E-state index >= 15 is 0 Å². The Morgan fingerprint density at radius 2 is 1.64 bits per heavy atom. The molecule has 25 heavy (non-hydrogen) atoms. The lowest BCUT2D eigenvalue weighted by molar-refractivity contribution is -0.684. The largest absolute Gasteiger partial charge is 0.320 e. The van der Waals surface area contributed by atoms with Crippen molar-refractivity contribution in [2.45, 2.75) is 29.7 Å². The molecule has 0 aliphatic heterocycles. The zero-order chi connectivity index (χ0) is 17.5. The van der Waals surface area contributed by atoms with Gasteiger partial charge in [0, 0.05) is 21.9 Å². The second-order valence-electron chi connectivity index (χ2n) is 5.69. The van der Waals surface area contributed by atoms with Gasteiger partial charge in [-0.1, -0.05) is 49.0 Å². The van der Waals surface area contributed by atoms with Crippen molar-refractivity contribution in [2.24, 2.45) is 0 Å². The first-order valence-electron chi connectivity index (χ1n) is 8.34. The number of nitrogens with zero attached hydrogens (tertiary/aromatic N) is 1. The van der Waals surface area contributed by atoms with Gasteiger partial charge in [-0.15, -0.1) is 0 Å². The molecule has 1 amide bonds. The minimum atomic E-state index is -0.0321. The van der Waals surface area contributed by atoms with E-state index in [2.05, 4.69) is 24.4 Å². The number of carbonyl (C=O) groups excluding carboxylic acids is 1. The Morgan fingerprint density at radius 3 is 2.36 bits per heavy atom. The number of amides is 1. The van der Waals surface area contributed by atoms with Gasteiger partial charge >= 0.3 is 0 Å². The summed E-state index contributed by atoms with van der Waals surface area (Å²) >= 11 is 1.65. The molecule has 4 heteroatoms. The molecule has 3 aromatic rings. The van der Waals surface area contributed by atoms with Crippen LogP contribution in [0.3, 0.4) is 0 Å². The fourth-order valence-corrected chi connectivity index (χ4v) is 3.38. The summed E-state index contributed by atoms with van der Waals surface area (Å²) in [5.41, 5.74) is 2.10. The molecule has 0 unspecified atom stereocenters. The van der Waals surface area contributed by atoms with Gasteiger partial charge in [-0.2, -0.15) is 4.57 Å². The van der Waals surface area contributed by atoms with E-state index in [0.717, 1.165) is 21.9 Å². The van der Waals surface area contributed by atoms with Crippen LogP contribution in [0, 0.1) is 0 Å². The van der Waals surface area contributed by atoms with E-state index in [1.54, 1.807) is 11.8 Å². The lowest BCUT2D eigenvalue weighted by Gasteiger charge is -2.09. The molecule has 3 nitrogen and oxygen atoms in total. The number of para-hydroxylation sites is 1. The van der Waals surface area contributed by atoms with Gasteiger partial charge < -0.3 is 5.32 Å². The van der Waals surface area contributed by atoms with Gasteiger partial charge in [0.2, 0.25) is 6.54 Å². The number of carbonyl (C=O) groups is 1. The third kappa shape index (κ3) is 4.94. The van der Waals surface area contributed by atoms with Gasteiger partial charge in [-0.3, -0.25) is 4.79 Å². The topological polar surface area (TPSA) is 33.0 Å². The Labute approximate surface area is 152 Å². The quantitative estimate of drug-likeness (QED) is 0.672. The fourth-order valence-electron chi connectivity index (χ4n) is 2.46. The number of pyridine rings is 1. The molecule has 0 radical (unpaired) electrons. The number of benzene rings is 2. The molecular weight excluding hydrogens is 328 g/mol. The molecule has 0 fully saturated rings. The van der Waals surface area contributed by atoms with Crippen LogP contribution < -0.4 is 9.88 Å². The highest BCUT2D eigenvalue weighted by atomic mass is 32.2. The molecular formula is C21H21N2OS+. The zero-order valence-corrected chi connectivity index (χ0v) is 15.0. The molecule has 126 valence electrons. The van der Waals surface area contributed by atoms with Crippen molar-refractivity contribution in [1.82, 2.24) is 0 Å². The van der Waals surface area contributed by atoms with Crippen molar-refractivity contribution < 1.29 is 9.36 Å². The smallest absolute Gasteiger partial charge is 0.290 e. The summed E-state index contributed by atoms with van der Waals surface area (Å²) in [4.78, 5) is 14.6. The van der Waals surface area contributed by atoms with E-state index in [4.69, 9.17) is 0 Å². The SMILES string of the molecule is CCc1cc[n+](CC(=O)Nc2ccccc2Sc2ccccc2)cc1. The third-order valence-corrected chi connectivity index (χ3v) is 4.91.